The second-order valence-electron chi connectivity index (χ2n) is 3.78. The maximum atomic E-state index is 11.1. The van der Waals surface area contributed by atoms with Crippen LogP contribution in [0, 0.1) is 0 Å². The lowest BCUT2D eigenvalue weighted by Gasteiger charge is -2.07. The van der Waals surface area contributed by atoms with Gasteiger partial charge in [-0.15, -0.1) is 0 Å². The molecule has 0 aliphatic heterocycles. The van der Waals surface area contributed by atoms with Crippen LogP contribution in [-0.2, 0) is 10.8 Å². The van der Waals surface area contributed by atoms with Crippen molar-refractivity contribution in [2.45, 2.75) is 12.2 Å². The van der Waals surface area contributed by atoms with Crippen LogP contribution >= 0.6 is 0 Å². The summed E-state index contributed by atoms with van der Waals surface area (Å²) in [7, 11) is -0.738. The highest BCUT2D eigenvalue weighted by Gasteiger charge is 2.03. The Morgan fingerprint density at radius 3 is 2.69 bits per heavy atom. The van der Waals surface area contributed by atoms with Crippen molar-refractivity contribution < 1.29 is 4.21 Å². The lowest BCUT2D eigenvalue weighted by atomic mass is 10.2. The zero-order chi connectivity index (χ0) is 11.8. The van der Waals surface area contributed by atoms with Gasteiger partial charge in [-0.1, -0.05) is 42.5 Å². The zero-order valence-corrected chi connectivity index (χ0v) is 10.7. The van der Waals surface area contributed by atoms with Gasteiger partial charge in [0.1, 0.15) is 0 Å². The third kappa shape index (κ3) is 5.24. The first-order chi connectivity index (χ1) is 7.70. The van der Waals surface area contributed by atoms with Gasteiger partial charge in [0.25, 0.3) is 0 Å². The quantitative estimate of drug-likeness (QED) is 0.767. The Balaban J connectivity index is 2.21. The third-order valence-corrected chi connectivity index (χ3v) is 3.67. The van der Waals surface area contributed by atoms with Gasteiger partial charge in [0.15, 0.2) is 0 Å². The van der Waals surface area contributed by atoms with Crippen molar-refractivity contribution in [3.8, 4) is 0 Å². The Morgan fingerprint density at radius 1 is 1.38 bits per heavy atom. The second kappa shape index (κ2) is 7.36. The molecule has 1 rings (SSSR count). The number of hydrogen-bond acceptors (Lipinski definition) is 2. The summed E-state index contributed by atoms with van der Waals surface area (Å²) in [6.07, 6.45) is 5.91. The van der Waals surface area contributed by atoms with Crippen molar-refractivity contribution in [2.24, 2.45) is 0 Å². The highest BCUT2D eigenvalue weighted by molar-refractivity contribution is 7.84. The van der Waals surface area contributed by atoms with E-state index >= 15 is 0 Å². The summed E-state index contributed by atoms with van der Waals surface area (Å²) in [6, 6.07) is 10.2. The Morgan fingerprint density at radius 2 is 2.06 bits per heavy atom. The van der Waals surface area contributed by atoms with E-state index in [1.165, 1.54) is 5.56 Å². The lowest BCUT2D eigenvalue weighted by molar-refractivity contribution is 0.663. The SMILES string of the molecule is CC(CNC/C=C/c1ccccc1)S(C)=O. The Hall–Kier alpha value is -0.930. The fourth-order valence-electron chi connectivity index (χ4n) is 1.25. The van der Waals surface area contributed by atoms with Gasteiger partial charge in [0, 0.05) is 35.4 Å². The van der Waals surface area contributed by atoms with E-state index in [1.54, 1.807) is 6.26 Å². The molecular weight excluding hydrogens is 218 g/mol. The average Bonchev–Trinajstić information content (AvgIpc) is 2.29. The summed E-state index contributed by atoms with van der Waals surface area (Å²) in [5.74, 6) is 0. The molecule has 0 bridgehead atoms. The van der Waals surface area contributed by atoms with E-state index in [-0.39, 0.29) is 5.25 Å². The maximum Gasteiger partial charge on any atom is 0.0441 e. The van der Waals surface area contributed by atoms with Crippen LogP contribution in [0.25, 0.3) is 6.08 Å². The topological polar surface area (TPSA) is 29.1 Å². The monoisotopic (exact) mass is 237 g/mol. The van der Waals surface area contributed by atoms with Gasteiger partial charge in [0.2, 0.25) is 0 Å². The standard InChI is InChI=1S/C13H19NOS/c1-12(16(2)15)11-14-10-6-9-13-7-4-3-5-8-13/h3-9,12,14H,10-11H2,1-2H3/b9-6+. The van der Waals surface area contributed by atoms with Crippen LogP contribution < -0.4 is 5.32 Å². The first kappa shape index (κ1) is 13.1. The van der Waals surface area contributed by atoms with E-state index in [9.17, 15) is 4.21 Å². The largest absolute Gasteiger partial charge is 0.312 e. The molecule has 0 heterocycles. The molecule has 0 radical (unpaired) electrons. The van der Waals surface area contributed by atoms with E-state index in [0.717, 1.165) is 13.1 Å². The first-order valence-electron chi connectivity index (χ1n) is 5.44. The van der Waals surface area contributed by atoms with Crippen LogP contribution in [0.2, 0.25) is 0 Å². The summed E-state index contributed by atoms with van der Waals surface area (Å²) in [4.78, 5) is 0. The van der Waals surface area contributed by atoms with Crippen LogP contribution in [0.15, 0.2) is 36.4 Å². The Kier molecular flexibility index (Phi) is 6.04. The van der Waals surface area contributed by atoms with Gasteiger partial charge >= 0.3 is 0 Å². The molecular formula is C13H19NOS. The predicted octanol–water partition coefficient (Wildman–Crippen LogP) is 2.06. The van der Waals surface area contributed by atoms with Crippen molar-refractivity contribution in [2.75, 3.05) is 19.3 Å². The van der Waals surface area contributed by atoms with Crippen LogP contribution in [0.3, 0.4) is 0 Å². The summed E-state index contributed by atoms with van der Waals surface area (Å²) >= 11 is 0. The van der Waals surface area contributed by atoms with Crippen molar-refractivity contribution in [1.29, 1.82) is 0 Å². The molecule has 1 aromatic rings. The van der Waals surface area contributed by atoms with Gasteiger partial charge in [-0.3, -0.25) is 4.21 Å². The normalized spacial score (nSPS) is 15.1. The number of benzene rings is 1. The lowest BCUT2D eigenvalue weighted by Crippen LogP contribution is -2.27. The molecule has 16 heavy (non-hydrogen) atoms. The molecule has 0 aromatic heterocycles. The van der Waals surface area contributed by atoms with Crippen molar-refractivity contribution >= 4 is 16.9 Å². The third-order valence-electron chi connectivity index (χ3n) is 2.37. The molecule has 2 atom stereocenters. The molecule has 0 aliphatic carbocycles. The average molecular weight is 237 g/mol. The molecule has 2 unspecified atom stereocenters. The van der Waals surface area contributed by atoms with Gasteiger partial charge in [0.05, 0.1) is 0 Å². The first-order valence-corrected chi connectivity index (χ1v) is 7.07. The summed E-state index contributed by atoms with van der Waals surface area (Å²) < 4.78 is 11.1. The van der Waals surface area contributed by atoms with E-state index in [0.29, 0.717) is 0 Å². The number of hydrogen-bond donors (Lipinski definition) is 1. The van der Waals surface area contributed by atoms with Crippen molar-refractivity contribution in [3.63, 3.8) is 0 Å². The molecule has 2 nitrogen and oxygen atoms in total. The van der Waals surface area contributed by atoms with Crippen LogP contribution in [-0.4, -0.2) is 28.8 Å². The fourth-order valence-corrected chi connectivity index (χ4v) is 1.60. The van der Waals surface area contributed by atoms with Crippen molar-refractivity contribution in [1.82, 2.24) is 5.32 Å². The highest BCUT2D eigenvalue weighted by atomic mass is 32.2. The van der Waals surface area contributed by atoms with Crippen molar-refractivity contribution in [3.05, 3.63) is 42.0 Å². The van der Waals surface area contributed by atoms with Gasteiger partial charge in [-0.25, -0.2) is 0 Å². The van der Waals surface area contributed by atoms with Crippen LogP contribution in [0.1, 0.15) is 12.5 Å². The summed E-state index contributed by atoms with van der Waals surface area (Å²) in [5.41, 5.74) is 1.21. The minimum atomic E-state index is -0.738. The van der Waals surface area contributed by atoms with Crippen LogP contribution in [0.5, 0.6) is 0 Å². The van der Waals surface area contributed by atoms with Gasteiger partial charge in [-0.2, -0.15) is 0 Å². The predicted molar refractivity (Wildman–Crippen MR) is 71.9 cm³/mol. The molecule has 0 spiro atoms. The fraction of sp³-hybridized carbons (Fsp3) is 0.385. The molecule has 0 fully saturated rings. The molecule has 1 N–H and O–H groups in total. The van der Waals surface area contributed by atoms with Crippen LogP contribution in [0.4, 0.5) is 0 Å². The maximum absolute atomic E-state index is 11.1. The molecule has 3 heteroatoms. The molecule has 0 aliphatic rings. The molecule has 0 saturated heterocycles. The smallest absolute Gasteiger partial charge is 0.0441 e. The van der Waals surface area contributed by atoms with E-state index < -0.39 is 10.8 Å². The minimum absolute atomic E-state index is 0.213. The number of rotatable bonds is 6. The molecule has 88 valence electrons. The number of nitrogens with one attached hydrogen (secondary N) is 1. The highest BCUT2D eigenvalue weighted by Crippen LogP contribution is 1.99. The van der Waals surface area contributed by atoms with E-state index in [2.05, 4.69) is 29.6 Å². The molecule has 0 amide bonds. The summed E-state index contributed by atoms with van der Waals surface area (Å²) in [5, 5.41) is 3.47. The Labute approximate surface area is 100 Å². The van der Waals surface area contributed by atoms with E-state index in [1.807, 2.05) is 25.1 Å². The van der Waals surface area contributed by atoms with Gasteiger partial charge in [-0.05, 0) is 12.5 Å². The zero-order valence-electron chi connectivity index (χ0n) is 9.85. The van der Waals surface area contributed by atoms with Gasteiger partial charge < -0.3 is 5.32 Å². The second-order valence-corrected chi connectivity index (χ2v) is 5.58. The summed E-state index contributed by atoms with van der Waals surface area (Å²) in [6.45, 7) is 3.60. The molecule has 1 aromatic carbocycles. The minimum Gasteiger partial charge on any atom is -0.312 e. The molecule has 0 saturated carbocycles. The van der Waals surface area contributed by atoms with E-state index in [4.69, 9.17) is 0 Å². The Bertz CT molecular complexity index is 348.